The van der Waals surface area contributed by atoms with Crippen molar-refractivity contribution in [3.05, 3.63) is 0 Å². The van der Waals surface area contributed by atoms with Crippen LogP contribution in [-0.2, 0) is 0 Å². The lowest BCUT2D eigenvalue weighted by molar-refractivity contribution is 0.264. The maximum atomic E-state index is 5.72. The third-order valence-electron chi connectivity index (χ3n) is 2.87. The van der Waals surface area contributed by atoms with Crippen LogP contribution in [0.4, 0.5) is 0 Å². The van der Waals surface area contributed by atoms with Gasteiger partial charge >= 0.3 is 0 Å². The summed E-state index contributed by atoms with van der Waals surface area (Å²) in [6.45, 7) is 8.47. The molecule has 1 aliphatic rings. The van der Waals surface area contributed by atoms with Gasteiger partial charge in [-0.1, -0.05) is 13.8 Å². The van der Waals surface area contributed by atoms with Gasteiger partial charge in [0.05, 0.1) is 0 Å². The summed E-state index contributed by atoms with van der Waals surface area (Å²) in [5.74, 6) is 2.91. The summed E-state index contributed by atoms with van der Waals surface area (Å²) in [6.07, 6.45) is 2.48. The van der Waals surface area contributed by atoms with Crippen LogP contribution in [0.25, 0.3) is 0 Å². The van der Waals surface area contributed by atoms with Crippen LogP contribution in [0, 0.1) is 5.92 Å². The van der Waals surface area contributed by atoms with E-state index in [2.05, 4.69) is 30.5 Å². The molecule has 3 heteroatoms. The molecule has 1 aliphatic heterocycles. The molecule has 2 unspecified atom stereocenters. The first kappa shape index (κ1) is 12.7. The molecule has 0 bridgehead atoms. The van der Waals surface area contributed by atoms with Crippen molar-refractivity contribution in [2.24, 2.45) is 5.92 Å². The average Bonchev–Trinajstić information content (AvgIpc) is 2.15. The first-order chi connectivity index (χ1) is 6.72. The first-order valence-corrected chi connectivity index (χ1v) is 7.20. The minimum Gasteiger partial charge on any atom is -0.301 e. The van der Waals surface area contributed by atoms with Crippen LogP contribution in [-0.4, -0.2) is 41.4 Å². The number of hydrogen-bond acceptors (Lipinski definition) is 2. The van der Waals surface area contributed by atoms with Crippen molar-refractivity contribution in [3.63, 3.8) is 0 Å². The Morgan fingerprint density at radius 1 is 1.50 bits per heavy atom. The molecular formula is C11H22ClNS. The topological polar surface area (TPSA) is 3.24 Å². The minimum atomic E-state index is 0.789. The van der Waals surface area contributed by atoms with E-state index in [1.54, 1.807) is 0 Å². The monoisotopic (exact) mass is 235 g/mol. The fraction of sp³-hybridized carbons (Fsp3) is 1.00. The Morgan fingerprint density at radius 3 is 2.93 bits per heavy atom. The van der Waals surface area contributed by atoms with Gasteiger partial charge in [0.1, 0.15) is 0 Å². The van der Waals surface area contributed by atoms with Gasteiger partial charge in [-0.05, 0) is 25.3 Å². The van der Waals surface area contributed by atoms with Crippen molar-refractivity contribution in [3.8, 4) is 0 Å². The number of nitrogens with zero attached hydrogens (tertiary/aromatic N) is 1. The van der Waals surface area contributed by atoms with E-state index >= 15 is 0 Å². The molecule has 0 aromatic heterocycles. The zero-order valence-electron chi connectivity index (χ0n) is 9.34. The highest BCUT2D eigenvalue weighted by molar-refractivity contribution is 7.99. The number of thioether (sulfide) groups is 1. The van der Waals surface area contributed by atoms with E-state index in [1.165, 1.54) is 38.2 Å². The molecule has 0 saturated carbocycles. The predicted molar refractivity (Wildman–Crippen MR) is 67.5 cm³/mol. The zero-order chi connectivity index (χ0) is 10.4. The molecule has 0 aromatic rings. The Bertz CT molecular complexity index is 154. The fourth-order valence-corrected chi connectivity index (χ4v) is 3.28. The molecule has 0 spiro atoms. The Morgan fingerprint density at radius 2 is 2.29 bits per heavy atom. The summed E-state index contributed by atoms with van der Waals surface area (Å²) >= 11 is 7.83. The van der Waals surface area contributed by atoms with Gasteiger partial charge in [-0.3, -0.25) is 0 Å². The van der Waals surface area contributed by atoms with Crippen LogP contribution in [0.3, 0.4) is 0 Å². The molecule has 1 nitrogen and oxygen atoms in total. The highest BCUT2D eigenvalue weighted by atomic mass is 35.5. The fourth-order valence-electron chi connectivity index (χ4n) is 1.83. The van der Waals surface area contributed by atoms with Crippen molar-refractivity contribution < 1.29 is 0 Å². The van der Waals surface area contributed by atoms with Crippen LogP contribution in [0.2, 0.25) is 0 Å². The number of rotatable bonds is 5. The van der Waals surface area contributed by atoms with E-state index < -0.39 is 0 Å². The molecule has 0 aromatic carbocycles. The number of halogens is 1. The molecule has 1 fully saturated rings. The van der Waals surface area contributed by atoms with Crippen LogP contribution in [0.15, 0.2) is 0 Å². The van der Waals surface area contributed by atoms with Gasteiger partial charge in [-0.2, -0.15) is 11.8 Å². The molecule has 2 atom stereocenters. The van der Waals surface area contributed by atoms with E-state index in [-0.39, 0.29) is 0 Å². The quantitative estimate of drug-likeness (QED) is 0.674. The molecule has 1 saturated heterocycles. The second-order valence-corrected chi connectivity index (χ2v) is 6.28. The summed E-state index contributed by atoms with van der Waals surface area (Å²) in [6, 6.07) is 0. The maximum absolute atomic E-state index is 5.72. The van der Waals surface area contributed by atoms with Crippen molar-refractivity contribution in [2.45, 2.75) is 31.9 Å². The molecule has 0 N–H and O–H groups in total. The minimum absolute atomic E-state index is 0.789. The molecule has 0 amide bonds. The van der Waals surface area contributed by atoms with E-state index in [0.717, 1.165) is 17.0 Å². The summed E-state index contributed by atoms with van der Waals surface area (Å²) in [5.41, 5.74) is 0. The van der Waals surface area contributed by atoms with Gasteiger partial charge < -0.3 is 4.90 Å². The lowest BCUT2D eigenvalue weighted by Crippen LogP contribution is -2.37. The summed E-state index contributed by atoms with van der Waals surface area (Å²) in [5, 5.41) is 0.826. The molecule has 0 aliphatic carbocycles. The highest BCUT2D eigenvalue weighted by Gasteiger charge is 2.16. The smallest absolute Gasteiger partial charge is 0.0225 e. The lowest BCUT2D eigenvalue weighted by Gasteiger charge is -2.31. The highest BCUT2D eigenvalue weighted by Crippen LogP contribution is 2.19. The SMILES string of the molecule is CC(CCCl)CCN1CCSC(C)C1. The molecule has 14 heavy (non-hydrogen) atoms. The van der Waals surface area contributed by atoms with Crippen molar-refractivity contribution in [2.75, 3.05) is 31.3 Å². The standard InChI is InChI=1S/C11H22ClNS/c1-10(3-5-12)4-6-13-7-8-14-11(2)9-13/h10-11H,3-9H2,1-2H3. The molecule has 1 heterocycles. The van der Waals surface area contributed by atoms with Gasteiger partial charge in [0.2, 0.25) is 0 Å². The molecule has 84 valence electrons. The van der Waals surface area contributed by atoms with Crippen LogP contribution in [0.5, 0.6) is 0 Å². The van der Waals surface area contributed by atoms with Gasteiger partial charge in [0.15, 0.2) is 0 Å². The number of alkyl halides is 1. The Balaban J connectivity index is 2.10. The van der Waals surface area contributed by atoms with E-state index in [9.17, 15) is 0 Å². The zero-order valence-corrected chi connectivity index (χ0v) is 10.9. The predicted octanol–water partition coefficient (Wildman–Crippen LogP) is 3.08. The van der Waals surface area contributed by atoms with Crippen molar-refractivity contribution >= 4 is 23.4 Å². The summed E-state index contributed by atoms with van der Waals surface area (Å²) < 4.78 is 0. The normalized spacial score (nSPS) is 26.4. The molecule has 0 radical (unpaired) electrons. The van der Waals surface area contributed by atoms with Crippen LogP contribution in [0.1, 0.15) is 26.7 Å². The lowest BCUT2D eigenvalue weighted by atomic mass is 10.1. The average molecular weight is 236 g/mol. The van der Waals surface area contributed by atoms with Gasteiger partial charge in [-0.15, -0.1) is 11.6 Å². The Kier molecular flexibility index (Phi) is 6.31. The third-order valence-corrected chi connectivity index (χ3v) is 4.22. The first-order valence-electron chi connectivity index (χ1n) is 5.62. The second kappa shape index (κ2) is 6.97. The van der Waals surface area contributed by atoms with E-state index in [4.69, 9.17) is 11.6 Å². The third kappa shape index (κ3) is 4.90. The Labute approximate surface area is 97.6 Å². The molecule has 1 rings (SSSR count). The molecular weight excluding hydrogens is 214 g/mol. The summed E-state index contributed by atoms with van der Waals surface area (Å²) in [7, 11) is 0. The van der Waals surface area contributed by atoms with Crippen molar-refractivity contribution in [1.29, 1.82) is 0 Å². The van der Waals surface area contributed by atoms with Crippen LogP contribution >= 0.6 is 23.4 Å². The summed E-state index contributed by atoms with van der Waals surface area (Å²) in [4.78, 5) is 2.60. The van der Waals surface area contributed by atoms with Gasteiger partial charge in [0, 0.05) is 30.0 Å². The largest absolute Gasteiger partial charge is 0.301 e. The van der Waals surface area contributed by atoms with Crippen molar-refractivity contribution in [1.82, 2.24) is 4.90 Å². The maximum Gasteiger partial charge on any atom is 0.0225 e. The van der Waals surface area contributed by atoms with Gasteiger partial charge in [0.25, 0.3) is 0 Å². The van der Waals surface area contributed by atoms with E-state index in [1.807, 2.05) is 0 Å². The van der Waals surface area contributed by atoms with E-state index in [0.29, 0.717) is 0 Å². The number of hydrogen-bond donors (Lipinski definition) is 0. The van der Waals surface area contributed by atoms with Gasteiger partial charge in [-0.25, -0.2) is 0 Å². The van der Waals surface area contributed by atoms with Crippen LogP contribution < -0.4 is 0 Å². The Hall–Kier alpha value is 0.600. The second-order valence-electron chi connectivity index (χ2n) is 4.35.